The first kappa shape index (κ1) is 10.7. The second-order valence-electron chi connectivity index (χ2n) is 4.30. The third-order valence-corrected chi connectivity index (χ3v) is 2.94. The van der Waals surface area contributed by atoms with E-state index >= 15 is 0 Å². The first-order valence-electron chi connectivity index (χ1n) is 5.58. The van der Waals surface area contributed by atoms with E-state index in [2.05, 4.69) is 15.5 Å². The van der Waals surface area contributed by atoms with Crippen molar-refractivity contribution in [1.29, 1.82) is 0 Å². The molecule has 1 aromatic heterocycles. The predicted molar refractivity (Wildman–Crippen MR) is 62.5 cm³/mol. The summed E-state index contributed by atoms with van der Waals surface area (Å²) in [5.74, 6) is 0.163. The summed E-state index contributed by atoms with van der Waals surface area (Å²) in [6, 6.07) is 4.53. The number of nitrogens with two attached hydrogens (primary N) is 1. The SMILES string of the molecule is Nc1cc(C(=O)O)ccc1-n1nnnc1C1CC1. The molecule has 0 radical (unpaired) electrons. The van der Waals surface area contributed by atoms with E-state index < -0.39 is 5.97 Å². The second kappa shape index (κ2) is 3.80. The van der Waals surface area contributed by atoms with Crippen LogP contribution in [0.15, 0.2) is 18.2 Å². The van der Waals surface area contributed by atoms with Crippen molar-refractivity contribution in [3.8, 4) is 5.69 Å². The average Bonchev–Trinajstić information content (AvgIpc) is 3.07. The molecule has 92 valence electrons. The van der Waals surface area contributed by atoms with Gasteiger partial charge in [0.05, 0.1) is 16.9 Å². The Morgan fingerprint density at radius 2 is 2.22 bits per heavy atom. The van der Waals surface area contributed by atoms with Gasteiger partial charge in [0.25, 0.3) is 0 Å². The van der Waals surface area contributed by atoms with Crippen LogP contribution in [0.3, 0.4) is 0 Å². The van der Waals surface area contributed by atoms with Crippen LogP contribution >= 0.6 is 0 Å². The summed E-state index contributed by atoms with van der Waals surface area (Å²) in [6.45, 7) is 0. The number of anilines is 1. The van der Waals surface area contributed by atoms with E-state index in [0.717, 1.165) is 18.7 Å². The zero-order valence-electron chi connectivity index (χ0n) is 9.45. The van der Waals surface area contributed by atoms with Crippen molar-refractivity contribution in [3.05, 3.63) is 29.6 Å². The van der Waals surface area contributed by atoms with E-state index in [1.165, 1.54) is 12.1 Å². The summed E-state index contributed by atoms with van der Waals surface area (Å²) in [5.41, 5.74) is 6.98. The van der Waals surface area contributed by atoms with Gasteiger partial charge in [0.1, 0.15) is 0 Å². The van der Waals surface area contributed by atoms with Crippen LogP contribution in [-0.4, -0.2) is 31.3 Å². The van der Waals surface area contributed by atoms with Crippen molar-refractivity contribution in [2.45, 2.75) is 18.8 Å². The fourth-order valence-electron chi connectivity index (χ4n) is 1.84. The molecule has 2 aromatic rings. The predicted octanol–water partition coefficient (Wildman–Crippen LogP) is 0.820. The Balaban J connectivity index is 2.06. The van der Waals surface area contributed by atoms with Gasteiger partial charge >= 0.3 is 5.97 Å². The standard InChI is InChI=1S/C11H11N5O2/c12-8-5-7(11(17)18)3-4-9(8)16-10(6-1-2-6)13-14-15-16/h3-6H,1-2,12H2,(H,17,18). The summed E-state index contributed by atoms with van der Waals surface area (Å²) in [5, 5.41) is 20.4. The van der Waals surface area contributed by atoms with Crippen LogP contribution < -0.4 is 5.73 Å². The number of tetrazole rings is 1. The molecule has 7 nitrogen and oxygen atoms in total. The molecule has 0 saturated heterocycles. The van der Waals surface area contributed by atoms with E-state index in [4.69, 9.17) is 10.8 Å². The Morgan fingerprint density at radius 1 is 1.44 bits per heavy atom. The van der Waals surface area contributed by atoms with E-state index in [9.17, 15) is 4.79 Å². The highest BCUT2D eigenvalue weighted by molar-refractivity contribution is 5.89. The number of nitrogen functional groups attached to an aromatic ring is 1. The van der Waals surface area contributed by atoms with Gasteiger partial charge in [-0.3, -0.25) is 0 Å². The molecule has 7 heteroatoms. The molecule has 0 unspecified atom stereocenters. The lowest BCUT2D eigenvalue weighted by Crippen LogP contribution is -2.07. The number of carbonyl (C=O) groups is 1. The average molecular weight is 245 g/mol. The molecular weight excluding hydrogens is 234 g/mol. The van der Waals surface area contributed by atoms with Gasteiger partial charge in [-0.15, -0.1) is 5.10 Å². The smallest absolute Gasteiger partial charge is 0.335 e. The molecule has 1 heterocycles. The fraction of sp³-hybridized carbons (Fsp3) is 0.273. The Bertz CT molecular complexity index is 618. The zero-order chi connectivity index (χ0) is 12.7. The number of aromatic carboxylic acids is 1. The quantitative estimate of drug-likeness (QED) is 0.775. The highest BCUT2D eigenvalue weighted by atomic mass is 16.4. The number of nitrogens with zero attached hydrogens (tertiary/aromatic N) is 4. The van der Waals surface area contributed by atoms with Crippen LogP contribution in [0.4, 0.5) is 5.69 Å². The molecule has 1 aliphatic carbocycles. The van der Waals surface area contributed by atoms with Gasteiger partial charge in [-0.1, -0.05) is 0 Å². The summed E-state index contributed by atoms with van der Waals surface area (Å²) >= 11 is 0. The van der Waals surface area contributed by atoms with Crippen LogP contribution in [0, 0.1) is 0 Å². The van der Waals surface area contributed by atoms with Gasteiger partial charge in [0, 0.05) is 5.92 Å². The number of carboxylic acids is 1. The highest BCUT2D eigenvalue weighted by Gasteiger charge is 2.30. The molecule has 1 fully saturated rings. The maximum atomic E-state index is 10.8. The largest absolute Gasteiger partial charge is 0.478 e. The number of carboxylic acid groups (broad SMARTS) is 1. The molecule has 18 heavy (non-hydrogen) atoms. The van der Waals surface area contributed by atoms with Gasteiger partial charge < -0.3 is 10.8 Å². The van der Waals surface area contributed by atoms with E-state index in [-0.39, 0.29) is 5.56 Å². The topological polar surface area (TPSA) is 107 Å². The van der Waals surface area contributed by atoms with Crippen molar-refractivity contribution < 1.29 is 9.90 Å². The number of rotatable bonds is 3. The van der Waals surface area contributed by atoms with Crippen molar-refractivity contribution in [2.75, 3.05) is 5.73 Å². The van der Waals surface area contributed by atoms with E-state index in [1.54, 1.807) is 10.7 Å². The lowest BCUT2D eigenvalue weighted by molar-refractivity contribution is 0.0697. The fourth-order valence-corrected chi connectivity index (χ4v) is 1.84. The molecule has 1 aromatic carbocycles. The molecular formula is C11H11N5O2. The van der Waals surface area contributed by atoms with Crippen LogP contribution in [0.25, 0.3) is 5.69 Å². The summed E-state index contributed by atoms with van der Waals surface area (Å²) in [4.78, 5) is 10.8. The number of hydrogen-bond donors (Lipinski definition) is 2. The van der Waals surface area contributed by atoms with Crippen LogP contribution in [0.1, 0.15) is 34.9 Å². The molecule has 0 amide bonds. The van der Waals surface area contributed by atoms with Gasteiger partial charge in [0.15, 0.2) is 5.82 Å². The number of aromatic nitrogens is 4. The highest BCUT2D eigenvalue weighted by Crippen LogP contribution is 2.39. The molecule has 0 aliphatic heterocycles. The normalized spacial score (nSPS) is 14.7. The minimum absolute atomic E-state index is 0.150. The zero-order valence-corrected chi connectivity index (χ0v) is 9.45. The molecule has 0 bridgehead atoms. The van der Waals surface area contributed by atoms with E-state index in [1.807, 2.05) is 0 Å². The van der Waals surface area contributed by atoms with Gasteiger partial charge in [0.2, 0.25) is 0 Å². The Kier molecular flexibility index (Phi) is 2.26. The Morgan fingerprint density at radius 3 is 2.83 bits per heavy atom. The van der Waals surface area contributed by atoms with Crippen molar-refractivity contribution in [2.24, 2.45) is 0 Å². The molecule has 3 rings (SSSR count). The Hall–Kier alpha value is -2.44. The number of hydrogen-bond acceptors (Lipinski definition) is 5. The third-order valence-electron chi connectivity index (χ3n) is 2.94. The second-order valence-corrected chi connectivity index (χ2v) is 4.30. The maximum Gasteiger partial charge on any atom is 0.335 e. The minimum atomic E-state index is -1.01. The van der Waals surface area contributed by atoms with Crippen LogP contribution in [-0.2, 0) is 0 Å². The van der Waals surface area contributed by atoms with Gasteiger partial charge in [-0.05, 0) is 41.5 Å². The first-order chi connectivity index (χ1) is 8.66. The molecule has 1 saturated carbocycles. The van der Waals surface area contributed by atoms with Crippen molar-refractivity contribution >= 4 is 11.7 Å². The third kappa shape index (κ3) is 1.69. The van der Waals surface area contributed by atoms with Gasteiger partial charge in [-0.25, -0.2) is 4.79 Å². The Labute approximate surface area is 102 Å². The molecule has 0 atom stereocenters. The van der Waals surface area contributed by atoms with Crippen molar-refractivity contribution in [3.63, 3.8) is 0 Å². The van der Waals surface area contributed by atoms with Crippen molar-refractivity contribution in [1.82, 2.24) is 20.2 Å². The molecule has 3 N–H and O–H groups in total. The molecule has 1 aliphatic rings. The van der Waals surface area contributed by atoms with E-state index in [0.29, 0.717) is 17.3 Å². The molecule has 0 spiro atoms. The van der Waals surface area contributed by atoms with Crippen LogP contribution in [0.5, 0.6) is 0 Å². The van der Waals surface area contributed by atoms with Crippen LogP contribution in [0.2, 0.25) is 0 Å². The minimum Gasteiger partial charge on any atom is -0.478 e. The van der Waals surface area contributed by atoms with Gasteiger partial charge in [-0.2, -0.15) is 4.68 Å². The first-order valence-corrected chi connectivity index (χ1v) is 5.58. The lowest BCUT2D eigenvalue weighted by atomic mass is 10.1. The maximum absolute atomic E-state index is 10.8. The monoisotopic (exact) mass is 245 g/mol. The number of benzene rings is 1. The lowest BCUT2D eigenvalue weighted by Gasteiger charge is -2.07. The summed E-state index contributed by atoms with van der Waals surface area (Å²) in [7, 11) is 0. The summed E-state index contributed by atoms with van der Waals surface area (Å²) < 4.78 is 1.58. The summed E-state index contributed by atoms with van der Waals surface area (Å²) in [6.07, 6.45) is 2.15.